The zero-order valence-corrected chi connectivity index (χ0v) is 11.4. The number of sulfonamides is 1. The summed E-state index contributed by atoms with van der Waals surface area (Å²) in [6.45, 7) is -0.198. The molecule has 19 heavy (non-hydrogen) atoms. The Labute approximate surface area is 111 Å². The number of hydrogen-bond donors (Lipinski definition) is 1. The maximum absolute atomic E-state index is 11.9. The topological polar surface area (TPSA) is 83.6 Å². The van der Waals surface area contributed by atoms with Gasteiger partial charge in [-0.25, -0.2) is 12.7 Å². The van der Waals surface area contributed by atoms with E-state index in [1.54, 1.807) is 18.2 Å². The molecular formula is C12H14N2O4S. The van der Waals surface area contributed by atoms with Crippen LogP contribution >= 0.6 is 0 Å². The molecule has 0 fully saturated rings. The summed E-state index contributed by atoms with van der Waals surface area (Å²) in [5.74, 6) is 0.484. The highest BCUT2D eigenvalue weighted by Gasteiger charge is 2.17. The van der Waals surface area contributed by atoms with Crippen molar-refractivity contribution < 1.29 is 18.0 Å². The smallest absolute Gasteiger partial charge is 0.242 e. The van der Waals surface area contributed by atoms with Crippen LogP contribution in [0, 0.1) is 0 Å². The van der Waals surface area contributed by atoms with Gasteiger partial charge in [-0.3, -0.25) is 0 Å². The van der Waals surface area contributed by atoms with Crippen LogP contribution in [0.4, 0.5) is 0 Å². The summed E-state index contributed by atoms with van der Waals surface area (Å²) in [4.78, 5) is 0.211. The van der Waals surface area contributed by atoms with Gasteiger partial charge in [0, 0.05) is 25.7 Å². The van der Waals surface area contributed by atoms with Gasteiger partial charge in [0.1, 0.15) is 5.69 Å². The van der Waals surface area contributed by atoms with Gasteiger partial charge in [0.25, 0.3) is 0 Å². The van der Waals surface area contributed by atoms with Gasteiger partial charge >= 0.3 is 0 Å². The number of benzene rings is 1. The van der Waals surface area contributed by atoms with Gasteiger partial charge < -0.3 is 9.63 Å². The van der Waals surface area contributed by atoms with Crippen LogP contribution in [0.3, 0.4) is 0 Å². The molecular weight excluding hydrogens is 268 g/mol. The van der Waals surface area contributed by atoms with Gasteiger partial charge in [-0.15, -0.1) is 0 Å². The van der Waals surface area contributed by atoms with Crippen molar-refractivity contribution in [1.29, 1.82) is 0 Å². The Morgan fingerprint density at radius 1 is 1.26 bits per heavy atom. The molecule has 0 radical (unpaired) electrons. The van der Waals surface area contributed by atoms with Crippen LogP contribution in [0.15, 0.2) is 39.8 Å². The molecule has 1 N–H and O–H groups in total. The van der Waals surface area contributed by atoms with E-state index >= 15 is 0 Å². The summed E-state index contributed by atoms with van der Waals surface area (Å²) in [5, 5.41) is 12.6. The fourth-order valence-corrected chi connectivity index (χ4v) is 2.43. The van der Waals surface area contributed by atoms with E-state index in [1.165, 1.54) is 26.2 Å². The molecule has 2 aromatic rings. The molecule has 0 atom stereocenters. The molecule has 0 bridgehead atoms. The van der Waals surface area contributed by atoms with Crippen molar-refractivity contribution in [1.82, 2.24) is 9.46 Å². The summed E-state index contributed by atoms with van der Waals surface area (Å²) in [5.41, 5.74) is 1.13. The van der Waals surface area contributed by atoms with E-state index in [0.717, 1.165) is 4.31 Å². The Balaban J connectivity index is 2.33. The second-order valence-corrected chi connectivity index (χ2v) is 6.30. The Morgan fingerprint density at radius 2 is 1.89 bits per heavy atom. The van der Waals surface area contributed by atoms with E-state index in [0.29, 0.717) is 17.0 Å². The maximum atomic E-state index is 11.9. The third-order valence-corrected chi connectivity index (χ3v) is 4.47. The van der Waals surface area contributed by atoms with Crippen LogP contribution in [0.1, 0.15) is 5.69 Å². The van der Waals surface area contributed by atoms with Gasteiger partial charge in [-0.2, -0.15) is 0 Å². The highest BCUT2D eigenvalue weighted by atomic mass is 32.2. The Hall–Kier alpha value is -1.70. The van der Waals surface area contributed by atoms with Crippen LogP contribution in [0.2, 0.25) is 0 Å². The number of aliphatic hydroxyl groups excluding tert-OH is 1. The molecule has 0 aliphatic carbocycles. The fraction of sp³-hybridized carbons (Fsp3) is 0.250. The Morgan fingerprint density at radius 3 is 2.37 bits per heavy atom. The predicted octanol–water partition coefficient (Wildman–Crippen LogP) is 1.08. The average molecular weight is 282 g/mol. The summed E-state index contributed by atoms with van der Waals surface area (Å²) in [6, 6.07) is 7.89. The highest BCUT2D eigenvalue weighted by Crippen LogP contribution is 2.23. The lowest BCUT2D eigenvalue weighted by molar-refractivity contribution is 0.267. The number of nitrogens with zero attached hydrogens (tertiary/aromatic N) is 2. The van der Waals surface area contributed by atoms with Crippen molar-refractivity contribution in [3.05, 3.63) is 36.0 Å². The quantitative estimate of drug-likeness (QED) is 0.907. The SMILES string of the molecule is CN(C)S(=O)(=O)c1ccc(-c2cc(CO)no2)cc1. The first-order valence-corrected chi connectivity index (χ1v) is 6.98. The van der Waals surface area contributed by atoms with Gasteiger partial charge in [0.05, 0.1) is 11.5 Å². The van der Waals surface area contributed by atoms with Crippen LogP contribution in [0.25, 0.3) is 11.3 Å². The first-order valence-electron chi connectivity index (χ1n) is 5.54. The zero-order chi connectivity index (χ0) is 14.0. The monoisotopic (exact) mass is 282 g/mol. The van der Waals surface area contributed by atoms with Crippen molar-refractivity contribution in [3.8, 4) is 11.3 Å². The molecule has 0 saturated carbocycles. The van der Waals surface area contributed by atoms with E-state index in [1.807, 2.05) is 0 Å². The van der Waals surface area contributed by atoms with Gasteiger partial charge in [0.2, 0.25) is 10.0 Å². The average Bonchev–Trinajstić information content (AvgIpc) is 2.87. The number of aliphatic hydroxyl groups is 1. The lowest BCUT2D eigenvalue weighted by Crippen LogP contribution is -2.22. The maximum Gasteiger partial charge on any atom is 0.242 e. The minimum atomic E-state index is -3.43. The van der Waals surface area contributed by atoms with E-state index in [4.69, 9.17) is 9.63 Å². The minimum absolute atomic E-state index is 0.198. The van der Waals surface area contributed by atoms with E-state index < -0.39 is 10.0 Å². The van der Waals surface area contributed by atoms with Gasteiger partial charge in [0.15, 0.2) is 5.76 Å². The minimum Gasteiger partial charge on any atom is -0.390 e. The fourth-order valence-electron chi connectivity index (χ4n) is 1.52. The third-order valence-electron chi connectivity index (χ3n) is 2.64. The molecule has 1 aromatic carbocycles. The Kier molecular flexibility index (Phi) is 3.70. The molecule has 2 rings (SSSR count). The molecule has 0 amide bonds. The molecule has 6 nitrogen and oxygen atoms in total. The van der Waals surface area contributed by atoms with Gasteiger partial charge in [-0.1, -0.05) is 5.16 Å². The molecule has 0 aliphatic rings. The second kappa shape index (κ2) is 5.12. The van der Waals surface area contributed by atoms with Crippen LogP contribution in [0.5, 0.6) is 0 Å². The second-order valence-electron chi connectivity index (χ2n) is 4.15. The summed E-state index contributed by atoms with van der Waals surface area (Å²) < 4.78 is 30.0. The van der Waals surface area contributed by atoms with E-state index in [9.17, 15) is 8.42 Å². The number of rotatable bonds is 4. The zero-order valence-electron chi connectivity index (χ0n) is 10.6. The van der Waals surface area contributed by atoms with Crippen LogP contribution in [-0.2, 0) is 16.6 Å². The molecule has 7 heteroatoms. The molecule has 0 spiro atoms. The van der Waals surface area contributed by atoms with Crippen molar-refractivity contribution in [2.45, 2.75) is 11.5 Å². The van der Waals surface area contributed by atoms with Gasteiger partial charge in [-0.05, 0) is 24.3 Å². The molecule has 102 valence electrons. The highest BCUT2D eigenvalue weighted by molar-refractivity contribution is 7.89. The first-order chi connectivity index (χ1) is 8.95. The lowest BCUT2D eigenvalue weighted by Gasteiger charge is -2.11. The lowest BCUT2D eigenvalue weighted by atomic mass is 10.2. The van der Waals surface area contributed by atoms with Crippen LogP contribution in [-0.4, -0.2) is 37.1 Å². The number of hydrogen-bond acceptors (Lipinski definition) is 5. The Bertz CT molecular complexity index is 659. The molecule has 0 aliphatic heterocycles. The predicted molar refractivity (Wildman–Crippen MR) is 68.7 cm³/mol. The molecule has 1 heterocycles. The largest absolute Gasteiger partial charge is 0.390 e. The normalized spacial score (nSPS) is 12.0. The molecule has 1 aromatic heterocycles. The first kappa shape index (κ1) is 13.7. The van der Waals surface area contributed by atoms with E-state index in [-0.39, 0.29) is 11.5 Å². The van der Waals surface area contributed by atoms with Crippen molar-refractivity contribution in [3.63, 3.8) is 0 Å². The molecule has 0 unspecified atom stereocenters. The standard InChI is InChI=1S/C12H14N2O4S/c1-14(2)19(16,17)11-5-3-9(4-6-11)12-7-10(8-15)13-18-12/h3-7,15H,8H2,1-2H3. The number of aromatic nitrogens is 1. The van der Waals surface area contributed by atoms with Crippen molar-refractivity contribution >= 4 is 10.0 Å². The summed E-state index contributed by atoms with van der Waals surface area (Å²) >= 11 is 0. The van der Waals surface area contributed by atoms with Crippen molar-refractivity contribution in [2.24, 2.45) is 0 Å². The molecule has 0 saturated heterocycles. The summed E-state index contributed by atoms with van der Waals surface area (Å²) in [6.07, 6.45) is 0. The van der Waals surface area contributed by atoms with E-state index in [2.05, 4.69) is 5.16 Å². The summed E-state index contributed by atoms with van der Waals surface area (Å²) in [7, 11) is -0.469. The third kappa shape index (κ3) is 2.67. The van der Waals surface area contributed by atoms with Crippen LogP contribution < -0.4 is 0 Å². The van der Waals surface area contributed by atoms with Crippen molar-refractivity contribution in [2.75, 3.05) is 14.1 Å².